The maximum absolute atomic E-state index is 14.6. The van der Waals surface area contributed by atoms with Crippen LogP contribution >= 0.6 is 11.3 Å². The summed E-state index contributed by atoms with van der Waals surface area (Å²) in [6.45, 7) is 6.42. The van der Waals surface area contributed by atoms with Crippen molar-refractivity contribution in [3.63, 3.8) is 0 Å². The lowest BCUT2D eigenvalue weighted by Gasteiger charge is -2.11. The molecule has 1 aromatic heterocycles. The third kappa shape index (κ3) is 13.9. The topological polar surface area (TPSA) is 88.1 Å². The van der Waals surface area contributed by atoms with E-state index in [1.165, 1.54) is 64.0 Å². The molecule has 0 spiro atoms. The van der Waals surface area contributed by atoms with E-state index in [1.54, 1.807) is 36.4 Å². The molecule has 48 heavy (non-hydrogen) atoms. The summed E-state index contributed by atoms with van der Waals surface area (Å²) in [4.78, 5) is 38.0. The Labute approximate surface area is 288 Å². The van der Waals surface area contributed by atoms with E-state index in [-0.39, 0.29) is 17.1 Å². The zero-order valence-corrected chi connectivity index (χ0v) is 29.1. The van der Waals surface area contributed by atoms with Crippen LogP contribution in [-0.4, -0.2) is 37.2 Å². The van der Waals surface area contributed by atoms with Gasteiger partial charge in [0.1, 0.15) is 10.6 Å². The predicted octanol–water partition coefficient (Wildman–Crippen LogP) is 9.69. The van der Waals surface area contributed by atoms with E-state index in [1.807, 2.05) is 6.92 Å². The number of ether oxygens (including phenoxy) is 4. The van der Waals surface area contributed by atoms with Crippen molar-refractivity contribution >= 4 is 29.2 Å². The van der Waals surface area contributed by atoms with E-state index in [9.17, 15) is 18.8 Å². The molecule has 258 valence electrons. The van der Waals surface area contributed by atoms with Crippen molar-refractivity contribution in [2.45, 2.75) is 104 Å². The minimum Gasteiger partial charge on any atom is -0.491 e. The Hall–Kier alpha value is -4.16. The summed E-state index contributed by atoms with van der Waals surface area (Å²) >= 11 is 1.15. The normalized spacial score (nSPS) is 11.2. The second-order valence-electron chi connectivity index (χ2n) is 11.6. The van der Waals surface area contributed by atoms with Gasteiger partial charge in [0.2, 0.25) is 0 Å². The number of benzene rings is 2. The largest absolute Gasteiger partial charge is 0.491 e. The monoisotopic (exact) mass is 678 g/mol. The fourth-order valence-corrected chi connectivity index (χ4v) is 5.38. The number of hydrogen-bond acceptors (Lipinski definition) is 8. The molecule has 3 aromatic rings. The molecule has 0 N–H and O–H groups in total. The SMILES string of the molecule is CCCCCCCCCCCCOc1ccc(C(=O)Oc2ccc(C#Cc3ccc(C(=O)OC(C)C(=O)OCCCC)s3)cc2)cc1F. The maximum Gasteiger partial charge on any atom is 0.349 e. The molecule has 0 amide bonds. The summed E-state index contributed by atoms with van der Waals surface area (Å²) in [5, 5.41) is 0. The van der Waals surface area contributed by atoms with Gasteiger partial charge in [-0.25, -0.2) is 18.8 Å². The molecular formula is C39H47FO7S. The van der Waals surface area contributed by atoms with Crippen LogP contribution in [0.4, 0.5) is 4.39 Å². The van der Waals surface area contributed by atoms with Crippen molar-refractivity contribution in [3.8, 4) is 23.3 Å². The van der Waals surface area contributed by atoms with E-state index in [0.29, 0.717) is 28.5 Å². The highest BCUT2D eigenvalue weighted by molar-refractivity contribution is 7.14. The third-order valence-electron chi connectivity index (χ3n) is 7.48. The number of carbonyl (C=O) groups is 3. The van der Waals surface area contributed by atoms with Crippen molar-refractivity contribution < 1.29 is 37.7 Å². The van der Waals surface area contributed by atoms with Crippen LogP contribution in [0.25, 0.3) is 0 Å². The Balaban J connectivity index is 1.41. The van der Waals surface area contributed by atoms with Crippen LogP contribution in [-0.2, 0) is 14.3 Å². The summed E-state index contributed by atoms with van der Waals surface area (Å²) in [6, 6.07) is 13.9. The molecule has 7 nitrogen and oxygen atoms in total. The molecule has 3 rings (SSSR count). The molecule has 0 saturated heterocycles. The van der Waals surface area contributed by atoms with E-state index in [4.69, 9.17) is 18.9 Å². The second kappa shape index (κ2) is 21.7. The first-order chi connectivity index (χ1) is 23.3. The van der Waals surface area contributed by atoms with Gasteiger partial charge in [-0.05, 0) is 74.4 Å². The van der Waals surface area contributed by atoms with Crippen LogP contribution in [0.3, 0.4) is 0 Å². The summed E-state index contributed by atoms with van der Waals surface area (Å²) in [6.07, 6.45) is 12.8. The first-order valence-electron chi connectivity index (χ1n) is 17.0. The van der Waals surface area contributed by atoms with Crippen LogP contribution in [0.1, 0.15) is 128 Å². The van der Waals surface area contributed by atoms with Crippen molar-refractivity contribution in [1.29, 1.82) is 0 Å². The standard InChI is InChI=1S/C39H47FO7S/c1-4-6-8-9-10-11-12-13-14-15-27-44-35-24-19-31(28-34(35)40)38(42)47-32-20-16-30(17-21-32)18-22-33-23-25-36(48-33)39(43)46-29(3)37(41)45-26-7-5-2/h16-17,19-21,23-25,28-29H,4-15,26-27H2,1-3H3. The summed E-state index contributed by atoms with van der Waals surface area (Å²) in [5.74, 6) is 3.91. The maximum atomic E-state index is 14.6. The average Bonchev–Trinajstić information content (AvgIpc) is 3.57. The number of rotatable bonds is 20. The fraction of sp³-hybridized carbons (Fsp3) is 0.462. The molecule has 1 heterocycles. The van der Waals surface area contributed by atoms with E-state index in [2.05, 4.69) is 18.8 Å². The van der Waals surface area contributed by atoms with Gasteiger partial charge >= 0.3 is 17.9 Å². The van der Waals surface area contributed by atoms with Gasteiger partial charge in [0, 0.05) is 5.56 Å². The fourth-order valence-electron chi connectivity index (χ4n) is 4.64. The lowest BCUT2D eigenvalue weighted by Crippen LogP contribution is -2.26. The van der Waals surface area contributed by atoms with Crippen molar-refractivity contribution in [3.05, 3.63) is 81.3 Å². The van der Waals surface area contributed by atoms with Crippen LogP contribution in [0.15, 0.2) is 54.6 Å². The number of hydrogen-bond donors (Lipinski definition) is 0. The Bertz CT molecular complexity index is 1500. The quantitative estimate of drug-likeness (QED) is 0.0509. The lowest BCUT2D eigenvalue weighted by atomic mass is 10.1. The highest BCUT2D eigenvalue weighted by Crippen LogP contribution is 2.22. The summed E-state index contributed by atoms with van der Waals surface area (Å²) < 4.78 is 35.9. The summed E-state index contributed by atoms with van der Waals surface area (Å²) in [7, 11) is 0. The molecule has 0 radical (unpaired) electrons. The summed E-state index contributed by atoms with van der Waals surface area (Å²) in [5.41, 5.74) is 0.739. The Morgan fingerprint density at radius 2 is 1.42 bits per heavy atom. The molecule has 0 bridgehead atoms. The van der Waals surface area contributed by atoms with Crippen LogP contribution in [0, 0.1) is 17.7 Å². The first-order valence-corrected chi connectivity index (χ1v) is 17.9. The van der Waals surface area contributed by atoms with Gasteiger partial charge in [-0.1, -0.05) is 89.9 Å². The van der Waals surface area contributed by atoms with Gasteiger partial charge in [0.25, 0.3) is 0 Å². The minimum absolute atomic E-state index is 0.0810. The Kier molecular flexibility index (Phi) is 17.3. The van der Waals surface area contributed by atoms with Gasteiger partial charge in [-0.3, -0.25) is 0 Å². The molecule has 0 aliphatic rings. The van der Waals surface area contributed by atoms with E-state index >= 15 is 0 Å². The molecule has 1 atom stereocenters. The molecule has 0 aliphatic heterocycles. The highest BCUT2D eigenvalue weighted by atomic mass is 32.1. The highest BCUT2D eigenvalue weighted by Gasteiger charge is 2.21. The molecule has 1 unspecified atom stereocenters. The van der Waals surface area contributed by atoms with Crippen molar-refractivity contribution in [2.24, 2.45) is 0 Å². The number of halogens is 1. The zero-order valence-electron chi connectivity index (χ0n) is 28.3. The van der Waals surface area contributed by atoms with Gasteiger partial charge in [0.05, 0.1) is 23.7 Å². The number of carbonyl (C=O) groups excluding carboxylic acids is 3. The first kappa shape index (κ1) is 38.3. The molecule has 2 aromatic carbocycles. The van der Waals surface area contributed by atoms with Crippen LogP contribution in [0.2, 0.25) is 0 Å². The molecule has 9 heteroatoms. The number of unbranched alkanes of at least 4 members (excludes halogenated alkanes) is 10. The second-order valence-corrected chi connectivity index (χ2v) is 12.7. The zero-order chi connectivity index (χ0) is 34.6. The molecule has 0 fully saturated rings. The third-order valence-corrected chi connectivity index (χ3v) is 8.46. The van der Waals surface area contributed by atoms with Crippen LogP contribution < -0.4 is 9.47 Å². The van der Waals surface area contributed by atoms with Gasteiger partial charge in [-0.2, -0.15) is 0 Å². The molecule has 0 aliphatic carbocycles. The minimum atomic E-state index is -1.00. The smallest absolute Gasteiger partial charge is 0.349 e. The number of esters is 3. The Morgan fingerprint density at radius 1 is 0.750 bits per heavy atom. The van der Waals surface area contributed by atoms with Crippen molar-refractivity contribution in [1.82, 2.24) is 0 Å². The predicted molar refractivity (Wildman–Crippen MR) is 186 cm³/mol. The van der Waals surface area contributed by atoms with Gasteiger partial charge in [-0.15, -0.1) is 11.3 Å². The molecule has 0 saturated carbocycles. The van der Waals surface area contributed by atoms with Gasteiger partial charge < -0.3 is 18.9 Å². The Morgan fingerprint density at radius 3 is 2.08 bits per heavy atom. The van der Waals surface area contributed by atoms with Gasteiger partial charge in [0.15, 0.2) is 17.7 Å². The molecular weight excluding hydrogens is 631 g/mol. The van der Waals surface area contributed by atoms with E-state index in [0.717, 1.165) is 49.5 Å². The average molecular weight is 679 g/mol. The number of thiophene rings is 1. The lowest BCUT2D eigenvalue weighted by molar-refractivity contribution is -0.153. The van der Waals surface area contributed by atoms with Crippen molar-refractivity contribution in [2.75, 3.05) is 13.2 Å². The van der Waals surface area contributed by atoms with Crippen LogP contribution in [0.5, 0.6) is 11.5 Å². The van der Waals surface area contributed by atoms with E-state index < -0.39 is 29.8 Å².